The number of hydrogen-bond donors (Lipinski definition) is 1. The quantitative estimate of drug-likeness (QED) is 0.819. The maximum atomic E-state index is 13.2. The molecule has 0 amide bonds. The van der Waals surface area contributed by atoms with Crippen LogP contribution in [0, 0.1) is 5.82 Å². The zero-order valence-electron chi connectivity index (χ0n) is 6.90. The molecule has 1 heterocycles. The van der Waals surface area contributed by atoms with Crippen LogP contribution in [0.2, 0.25) is 0 Å². The molecule has 1 aromatic heterocycles. The SMILES string of the molecule is COc1c(F)ccc2c(Br)c[nH]c12. The summed E-state index contributed by atoms with van der Waals surface area (Å²) in [5.41, 5.74) is 0.675. The zero-order chi connectivity index (χ0) is 9.42. The molecule has 1 aromatic carbocycles. The summed E-state index contributed by atoms with van der Waals surface area (Å²) in [5, 5.41) is 0.915. The molecule has 0 saturated heterocycles. The number of hydrogen-bond acceptors (Lipinski definition) is 1. The summed E-state index contributed by atoms with van der Waals surface area (Å²) in [6.45, 7) is 0. The topological polar surface area (TPSA) is 25.0 Å². The van der Waals surface area contributed by atoms with Gasteiger partial charge in [0.05, 0.1) is 12.6 Å². The highest BCUT2D eigenvalue weighted by Crippen LogP contribution is 2.32. The summed E-state index contributed by atoms with van der Waals surface area (Å²) in [7, 11) is 1.45. The first-order chi connectivity index (χ1) is 6.24. The molecule has 0 aliphatic carbocycles. The summed E-state index contributed by atoms with van der Waals surface area (Å²) < 4.78 is 19.0. The third-order valence-corrected chi connectivity index (χ3v) is 2.57. The highest BCUT2D eigenvalue weighted by atomic mass is 79.9. The largest absolute Gasteiger partial charge is 0.492 e. The fraction of sp³-hybridized carbons (Fsp3) is 0.111. The van der Waals surface area contributed by atoms with Crippen LogP contribution in [-0.4, -0.2) is 12.1 Å². The number of aromatic amines is 1. The summed E-state index contributed by atoms with van der Waals surface area (Å²) in [6.07, 6.45) is 1.76. The molecule has 2 aromatic rings. The van der Waals surface area contributed by atoms with Crippen LogP contribution in [0.5, 0.6) is 5.75 Å². The average molecular weight is 244 g/mol. The summed E-state index contributed by atoms with van der Waals surface area (Å²) >= 11 is 3.35. The van der Waals surface area contributed by atoms with Gasteiger partial charge in [0.25, 0.3) is 0 Å². The second-order valence-electron chi connectivity index (χ2n) is 2.64. The average Bonchev–Trinajstić information content (AvgIpc) is 2.48. The lowest BCUT2D eigenvalue weighted by Gasteiger charge is -2.02. The van der Waals surface area contributed by atoms with Crippen molar-refractivity contribution in [1.29, 1.82) is 0 Å². The van der Waals surface area contributed by atoms with Gasteiger partial charge in [0.2, 0.25) is 0 Å². The lowest BCUT2D eigenvalue weighted by molar-refractivity contribution is 0.391. The Labute approximate surface area is 82.8 Å². The van der Waals surface area contributed by atoms with Gasteiger partial charge in [-0.15, -0.1) is 0 Å². The standard InChI is InChI=1S/C9H7BrFNO/c1-13-9-7(11)3-2-5-6(10)4-12-8(5)9/h2-4,12H,1H3. The third-order valence-electron chi connectivity index (χ3n) is 1.91. The molecule has 0 aliphatic rings. The van der Waals surface area contributed by atoms with Crippen LogP contribution >= 0.6 is 15.9 Å². The monoisotopic (exact) mass is 243 g/mol. The van der Waals surface area contributed by atoms with E-state index in [0.717, 1.165) is 9.86 Å². The van der Waals surface area contributed by atoms with Crippen molar-refractivity contribution in [2.45, 2.75) is 0 Å². The number of halogens is 2. The number of methoxy groups -OCH3 is 1. The van der Waals surface area contributed by atoms with Crippen molar-refractivity contribution in [1.82, 2.24) is 4.98 Å². The van der Waals surface area contributed by atoms with E-state index in [-0.39, 0.29) is 11.6 Å². The fourth-order valence-electron chi connectivity index (χ4n) is 1.31. The van der Waals surface area contributed by atoms with Crippen molar-refractivity contribution in [2.24, 2.45) is 0 Å². The van der Waals surface area contributed by atoms with Gasteiger partial charge in [0.1, 0.15) is 0 Å². The number of fused-ring (bicyclic) bond motifs is 1. The van der Waals surface area contributed by atoms with Crippen LogP contribution in [0.3, 0.4) is 0 Å². The number of H-pyrrole nitrogens is 1. The van der Waals surface area contributed by atoms with Crippen LogP contribution in [0.1, 0.15) is 0 Å². The van der Waals surface area contributed by atoms with Crippen LogP contribution < -0.4 is 4.74 Å². The summed E-state index contributed by atoms with van der Waals surface area (Å²) in [5.74, 6) is -0.104. The Hall–Kier alpha value is -1.03. The second kappa shape index (κ2) is 3.03. The van der Waals surface area contributed by atoms with E-state index in [1.165, 1.54) is 13.2 Å². The molecule has 0 atom stereocenters. The fourth-order valence-corrected chi connectivity index (χ4v) is 1.76. The predicted octanol–water partition coefficient (Wildman–Crippen LogP) is 3.08. The second-order valence-corrected chi connectivity index (χ2v) is 3.49. The van der Waals surface area contributed by atoms with E-state index in [9.17, 15) is 4.39 Å². The molecular formula is C9H7BrFNO. The van der Waals surface area contributed by atoms with E-state index in [1.807, 2.05) is 0 Å². The van der Waals surface area contributed by atoms with Crippen molar-refractivity contribution in [3.63, 3.8) is 0 Å². The highest BCUT2D eigenvalue weighted by Gasteiger charge is 2.10. The Morgan fingerprint density at radius 2 is 2.23 bits per heavy atom. The minimum atomic E-state index is -0.357. The van der Waals surface area contributed by atoms with Crippen molar-refractivity contribution >= 4 is 26.8 Å². The maximum absolute atomic E-state index is 13.2. The van der Waals surface area contributed by atoms with Gasteiger partial charge in [-0.3, -0.25) is 0 Å². The third kappa shape index (κ3) is 1.21. The number of benzene rings is 1. The van der Waals surface area contributed by atoms with Crippen molar-refractivity contribution in [2.75, 3.05) is 7.11 Å². The van der Waals surface area contributed by atoms with Gasteiger partial charge in [-0.25, -0.2) is 4.39 Å². The zero-order valence-corrected chi connectivity index (χ0v) is 8.48. The van der Waals surface area contributed by atoms with Crippen LogP contribution in [0.15, 0.2) is 22.8 Å². The number of nitrogens with one attached hydrogen (secondary N) is 1. The molecule has 68 valence electrons. The van der Waals surface area contributed by atoms with E-state index in [2.05, 4.69) is 20.9 Å². The molecule has 0 fully saturated rings. The Morgan fingerprint density at radius 3 is 2.92 bits per heavy atom. The van der Waals surface area contributed by atoms with E-state index in [0.29, 0.717) is 5.52 Å². The molecule has 2 nitrogen and oxygen atoms in total. The van der Waals surface area contributed by atoms with Gasteiger partial charge in [-0.05, 0) is 28.1 Å². The van der Waals surface area contributed by atoms with Crippen LogP contribution in [0.25, 0.3) is 10.9 Å². The number of rotatable bonds is 1. The number of aromatic nitrogens is 1. The first kappa shape index (κ1) is 8.56. The molecule has 2 rings (SSSR count). The van der Waals surface area contributed by atoms with Crippen molar-refractivity contribution < 1.29 is 9.13 Å². The van der Waals surface area contributed by atoms with E-state index >= 15 is 0 Å². The molecular weight excluding hydrogens is 237 g/mol. The lowest BCUT2D eigenvalue weighted by Crippen LogP contribution is -1.88. The van der Waals surface area contributed by atoms with Gasteiger partial charge in [0.15, 0.2) is 11.6 Å². The first-order valence-corrected chi connectivity index (χ1v) is 4.52. The minimum absolute atomic E-state index is 0.253. The van der Waals surface area contributed by atoms with Gasteiger partial charge >= 0.3 is 0 Å². The molecule has 4 heteroatoms. The van der Waals surface area contributed by atoms with Crippen molar-refractivity contribution in [3.05, 3.63) is 28.6 Å². The normalized spacial score (nSPS) is 10.7. The Morgan fingerprint density at radius 1 is 1.46 bits per heavy atom. The van der Waals surface area contributed by atoms with E-state index in [1.54, 1.807) is 12.3 Å². The molecule has 0 unspecified atom stereocenters. The van der Waals surface area contributed by atoms with E-state index in [4.69, 9.17) is 4.74 Å². The Bertz CT molecular complexity index is 452. The predicted molar refractivity (Wildman–Crippen MR) is 52.5 cm³/mol. The summed E-state index contributed by atoms with van der Waals surface area (Å²) in [6, 6.07) is 3.09. The number of ether oxygens (including phenoxy) is 1. The summed E-state index contributed by atoms with van der Waals surface area (Å²) in [4.78, 5) is 2.94. The van der Waals surface area contributed by atoms with Crippen LogP contribution in [-0.2, 0) is 0 Å². The molecule has 0 radical (unpaired) electrons. The Kier molecular flexibility index (Phi) is 2.00. The first-order valence-electron chi connectivity index (χ1n) is 3.73. The molecule has 0 aliphatic heterocycles. The Balaban J connectivity index is 2.85. The molecule has 1 N–H and O–H groups in total. The molecule has 0 bridgehead atoms. The van der Waals surface area contributed by atoms with Gasteiger partial charge < -0.3 is 9.72 Å². The van der Waals surface area contributed by atoms with E-state index < -0.39 is 0 Å². The van der Waals surface area contributed by atoms with Gasteiger partial charge in [-0.2, -0.15) is 0 Å². The molecule has 0 saturated carbocycles. The van der Waals surface area contributed by atoms with Crippen LogP contribution in [0.4, 0.5) is 4.39 Å². The highest BCUT2D eigenvalue weighted by molar-refractivity contribution is 9.10. The van der Waals surface area contributed by atoms with Gasteiger partial charge in [-0.1, -0.05) is 0 Å². The minimum Gasteiger partial charge on any atom is -0.492 e. The van der Waals surface area contributed by atoms with Gasteiger partial charge in [0, 0.05) is 16.1 Å². The molecule has 0 spiro atoms. The maximum Gasteiger partial charge on any atom is 0.178 e. The smallest absolute Gasteiger partial charge is 0.178 e. The lowest BCUT2D eigenvalue weighted by atomic mass is 10.2. The van der Waals surface area contributed by atoms with Crippen molar-refractivity contribution in [3.8, 4) is 5.75 Å². The molecule has 13 heavy (non-hydrogen) atoms.